The summed E-state index contributed by atoms with van der Waals surface area (Å²) in [5.41, 5.74) is 1.83. The quantitative estimate of drug-likeness (QED) is 0.759. The summed E-state index contributed by atoms with van der Waals surface area (Å²) in [6, 6.07) is 6.30. The van der Waals surface area contributed by atoms with Crippen LogP contribution in [-0.2, 0) is 0 Å². The predicted molar refractivity (Wildman–Crippen MR) is 84.8 cm³/mol. The van der Waals surface area contributed by atoms with E-state index in [2.05, 4.69) is 30.5 Å². The molecule has 0 aliphatic carbocycles. The highest BCUT2D eigenvalue weighted by Crippen LogP contribution is 2.27. The molecule has 4 nitrogen and oxygen atoms in total. The third-order valence-corrected chi connectivity index (χ3v) is 3.84. The summed E-state index contributed by atoms with van der Waals surface area (Å²) in [7, 11) is 0. The number of unbranched alkanes of at least 4 members (excludes halogenated alkanes) is 2. The van der Waals surface area contributed by atoms with Crippen LogP contribution in [0.15, 0.2) is 18.2 Å². The average molecular weight is 290 g/mol. The van der Waals surface area contributed by atoms with Crippen molar-refractivity contribution in [2.45, 2.75) is 45.6 Å². The van der Waals surface area contributed by atoms with E-state index in [1.807, 2.05) is 12.1 Å². The van der Waals surface area contributed by atoms with E-state index < -0.39 is 0 Å². The Morgan fingerprint density at radius 1 is 1.33 bits per heavy atom. The molecule has 2 N–H and O–H groups in total. The van der Waals surface area contributed by atoms with Crippen LogP contribution < -0.4 is 15.4 Å². The van der Waals surface area contributed by atoms with E-state index in [9.17, 15) is 4.79 Å². The number of carbonyl (C=O) groups is 1. The Bertz CT molecular complexity index is 474. The Morgan fingerprint density at radius 2 is 2.19 bits per heavy atom. The van der Waals surface area contributed by atoms with Crippen molar-refractivity contribution in [1.29, 1.82) is 0 Å². The molecule has 1 heterocycles. The van der Waals surface area contributed by atoms with E-state index in [-0.39, 0.29) is 5.91 Å². The summed E-state index contributed by atoms with van der Waals surface area (Å²) in [6.45, 7) is 6.36. The van der Waals surface area contributed by atoms with Crippen molar-refractivity contribution >= 4 is 5.91 Å². The molecule has 1 aliphatic heterocycles. The second-order valence-corrected chi connectivity index (χ2v) is 5.47. The van der Waals surface area contributed by atoms with E-state index in [1.165, 1.54) is 24.8 Å². The number of rotatable bonds is 7. The standard InChI is InChI=1S/C17H26N2O2/c1-3-5-6-7-15(18-4-2)13-8-9-16-14(12-13)17(20)19-10-11-21-16/h8-9,12,15,18H,3-7,10-11H2,1-2H3,(H,19,20). The van der Waals surface area contributed by atoms with E-state index in [4.69, 9.17) is 4.74 Å². The van der Waals surface area contributed by atoms with Gasteiger partial charge in [0.05, 0.1) is 12.1 Å². The first-order valence-corrected chi connectivity index (χ1v) is 8.04. The van der Waals surface area contributed by atoms with Crippen molar-refractivity contribution in [2.75, 3.05) is 19.7 Å². The molecule has 1 atom stereocenters. The summed E-state index contributed by atoms with van der Waals surface area (Å²) < 4.78 is 5.61. The third kappa shape index (κ3) is 4.21. The number of hydrogen-bond donors (Lipinski definition) is 2. The zero-order chi connectivity index (χ0) is 15.1. The molecule has 1 aliphatic rings. The molecular weight excluding hydrogens is 264 g/mol. The lowest BCUT2D eigenvalue weighted by atomic mass is 9.98. The molecule has 4 heteroatoms. The number of hydrogen-bond acceptors (Lipinski definition) is 3. The number of amides is 1. The van der Waals surface area contributed by atoms with Gasteiger partial charge in [0.1, 0.15) is 12.4 Å². The highest BCUT2D eigenvalue weighted by atomic mass is 16.5. The summed E-state index contributed by atoms with van der Waals surface area (Å²) >= 11 is 0. The predicted octanol–water partition coefficient (Wildman–Crippen LogP) is 3.04. The molecule has 0 saturated heterocycles. The van der Waals surface area contributed by atoms with Crippen LogP contribution in [-0.4, -0.2) is 25.6 Å². The van der Waals surface area contributed by atoms with Crippen molar-refractivity contribution in [1.82, 2.24) is 10.6 Å². The molecular formula is C17H26N2O2. The molecule has 0 radical (unpaired) electrons. The third-order valence-electron chi connectivity index (χ3n) is 3.84. The van der Waals surface area contributed by atoms with Gasteiger partial charge in [-0.15, -0.1) is 0 Å². The second-order valence-electron chi connectivity index (χ2n) is 5.47. The lowest BCUT2D eigenvalue weighted by Gasteiger charge is -2.19. The van der Waals surface area contributed by atoms with Gasteiger partial charge in [-0.05, 0) is 30.7 Å². The smallest absolute Gasteiger partial charge is 0.255 e. The van der Waals surface area contributed by atoms with Crippen LogP contribution in [0, 0.1) is 0 Å². The van der Waals surface area contributed by atoms with Crippen LogP contribution in [0.25, 0.3) is 0 Å². The van der Waals surface area contributed by atoms with Gasteiger partial charge in [-0.2, -0.15) is 0 Å². The summed E-state index contributed by atoms with van der Waals surface area (Å²) in [4.78, 5) is 12.1. The largest absolute Gasteiger partial charge is 0.491 e. The zero-order valence-corrected chi connectivity index (χ0v) is 13.1. The molecule has 0 bridgehead atoms. The van der Waals surface area contributed by atoms with Crippen LogP contribution in [0.1, 0.15) is 61.5 Å². The van der Waals surface area contributed by atoms with Gasteiger partial charge in [0.2, 0.25) is 0 Å². The second kappa shape index (κ2) is 8.03. The highest BCUT2D eigenvalue weighted by Gasteiger charge is 2.19. The van der Waals surface area contributed by atoms with Gasteiger partial charge in [0, 0.05) is 6.04 Å². The average Bonchev–Trinajstić information content (AvgIpc) is 2.68. The van der Waals surface area contributed by atoms with Crippen molar-refractivity contribution in [3.63, 3.8) is 0 Å². The molecule has 0 saturated carbocycles. The molecule has 1 aromatic carbocycles. The van der Waals surface area contributed by atoms with Gasteiger partial charge in [0.25, 0.3) is 5.91 Å². The Kier molecular flexibility index (Phi) is 6.05. The number of fused-ring (bicyclic) bond motifs is 1. The summed E-state index contributed by atoms with van der Waals surface area (Å²) in [5, 5.41) is 6.39. The first-order chi connectivity index (χ1) is 10.3. The van der Waals surface area contributed by atoms with E-state index in [1.54, 1.807) is 0 Å². The summed E-state index contributed by atoms with van der Waals surface area (Å²) in [5.74, 6) is 0.658. The Balaban J connectivity index is 2.18. The van der Waals surface area contributed by atoms with Crippen LogP contribution in [0.4, 0.5) is 0 Å². The summed E-state index contributed by atoms with van der Waals surface area (Å²) in [6.07, 6.45) is 4.77. The number of carbonyl (C=O) groups excluding carboxylic acids is 1. The molecule has 0 fully saturated rings. The maximum Gasteiger partial charge on any atom is 0.255 e. The fourth-order valence-corrected chi connectivity index (χ4v) is 2.72. The minimum atomic E-state index is -0.0341. The van der Waals surface area contributed by atoms with Crippen molar-refractivity contribution in [3.05, 3.63) is 29.3 Å². The molecule has 21 heavy (non-hydrogen) atoms. The maximum absolute atomic E-state index is 12.1. The molecule has 1 aromatic rings. The van der Waals surface area contributed by atoms with Crippen molar-refractivity contribution in [3.8, 4) is 5.75 Å². The Labute approximate surface area is 127 Å². The number of nitrogens with one attached hydrogen (secondary N) is 2. The fourth-order valence-electron chi connectivity index (χ4n) is 2.72. The van der Waals surface area contributed by atoms with Gasteiger partial charge < -0.3 is 15.4 Å². The zero-order valence-electron chi connectivity index (χ0n) is 13.1. The Morgan fingerprint density at radius 3 is 2.95 bits per heavy atom. The number of ether oxygens (including phenoxy) is 1. The fraction of sp³-hybridized carbons (Fsp3) is 0.588. The van der Waals surface area contributed by atoms with Gasteiger partial charge in [-0.25, -0.2) is 0 Å². The number of benzene rings is 1. The van der Waals surface area contributed by atoms with E-state index in [0.717, 1.165) is 13.0 Å². The molecule has 0 spiro atoms. The molecule has 2 rings (SSSR count). The monoisotopic (exact) mass is 290 g/mol. The van der Waals surface area contributed by atoms with Gasteiger partial charge in [-0.3, -0.25) is 4.79 Å². The topological polar surface area (TPSA) is 50.4 Å². The van der Waals surface area contributed by atoms with Gasteiger partial charge in [0.15, 0.2) is 0 Å². The van der Waals surface area contributed by atoms with Crippen LogP contribution >= 0.6 is 0 Å². The molecule has 116 valence electrons. The van der Waals surface area contributed by atoms with E-state index in [0.29, 0.717) is 30.5 Å². The lowest BCUT2D eigenvalue weighted by molar-refractivity contribution is 0.0957. The molecule has 0 aromatic heterocycles. The van der Waals surface area contributed by atoms with Gasteiger partial charge >= 0.3 is 0 Å². The first kappa shape index (κ1) is 15.8. The van der Waals surface area contributed by atoms with Crippen molar-refractivity contribution in [2.24, 2.45) is 0 Å². The van der Waals surface area contributed by atoms with E-state index >= 15 is 0 Å². The minimum Gasteiger partial charge on any atom is -0.491 e. The molecule has 1 amide bonds. The molecule has 1 unspecified atom stereocenters. The minimum absolute atomic E-state index is 0.0341. The maximum atomic E-state index is 12.1. The SMILES string of the molecule is CCCCCC(NCC)c1ccc2c(c1)C(=O)NCCO2. The van der Waals surface area contributed by atoms with Crippen LogP contribution in [0.5, 0.6) is 5.75 Å². The van der Waals surface area contributed by atoms with Crippen LogP contribution in [0.2, 0.25) is 0 Å². The Hall–Kier alpha value is -1.55. The normalized spacial score (nSPS) is 15.6. The first-order valence-electron chi connectivity index (χ1n) is 8.04. The van der Waals surface area contributed by atoms with Gasteiger partial charge in [-0.1, -0.05) is 39.2 Å². The van der Waals surface area contributed by atoms with Crippen molar-refractivity contribution < 1.29 is 9.53 Å². The van der Waals surface area contributed by atoms with Crippen LogP contribution in [0.3, 0.4) is 0 Å². The highest BCUT2D eigenvalue weighted by molar-refractivity contribution is 5.97. The lowest BCUT2D eigenvalue weighted by Crippen LogP contribution is -2.25.